The third-order valence-corrected chi connectivity index (χ3v) is 5.78. The number of nitrogens with zero attached hydrogens (tertiary/aromatic N) is 1. The molecule has 3 nitrogen and oxygen atoms in total. The molecule has 2 aliphatic carbocycles. The van der Waals surface area contributed by atoms with Crippen molar-refractivity contribution in [3.63, 3.8) is 0 Å². The van der Waals surface area contributed by atoms with Gasteiger partial charge in [-0.3, -0.25) is 0 Å². The molecule has 0 aliphatic heterocycles. The van der Waals surface area contributed by atoms with Crippen molar-refractivity contribution in [1.82, 2.24) is 0 Å². The number of oxime groups is 1. The van der Waals surface area contributed by atoms with E-state index in [1.807, 2.05) is 0 Å². The van der Waals surface area contributed by atoms with Gasteiger partial charge in [0.05, 0.1) is 11.6 Å². The molecule has 0 saturated heterocycles. The van der Waals surface area contributed by atoms with Gasteiger partial charge in [0.15, 0.2) is 0 Å². The van der Waals surface area contributed by atoms with E-state index in [-0.39, 0.29) is 11.9 Å². The molecule has 0 atom stereocenters. The van der Waals surface area contributed by atoms with E-state index in [2.05, 4.69) is 25.9 Å². The molecular weight excluding hydrogens is 262 g/mol. The third kappa shape index (κ3) is 4.55. The maximum Gasteiger partial charge on any atom is 0.338 e. The molecule has 0 N–H and O–H groups in total. The molecule has 2 fully saturated rings. The quantitative estimate of drug-likeness (QED) is 0.535. The van der Waals surface area contributed by atoms with Crippen LogP contribution in [0.3, 0.4) is 0 Å². The predicted molar refractivity (Wildman–Crippen MR) is 86.1 cm³/mol. The molecule has 0 heterocycles. The summed E-state index contributed by atoms with van der Waals surface area (Å²) in [5.41, 5.74) is 1.51. The van der Waals surface area contributed by atoms with E-state index in [1.54, 1.807) is 0 Å². The van der Waals surface area contributed by atoms with Crippen LogP contribution < -0.4 is 0 Å². The number of carbonyl (C=O) groups is 1. The molecule has 2 saturated carbocycles. The molecule has 2 rings (SSSR count). The van der Waals surface area contributed by atoms with Crippen molar-refractivity contribution in [2.75, 3.05) is 0 Å². The SMILES string of the molecule is CCC(C)(C)C1CCC(=NOC(=O)C2CCCCC2)CC1. The lowest BCUT2D eigenvalue weighted by atomic mass is 9.69. The molecule has 0 aromatic rings. The molecule has 0 aromatic heterocycles. The highest BCUT2D eigenvalue weighted by molar-refractivity contribution is 5.85. The molecule has 21 heavy (non-hydrogen) atoms. The zero-order chi connectivity index (χ0) is 15.3. The number of hydrogen-bond donors (Lipinski definition) is 0. The molecule has 0 aromatic carbocycles. The third-order valence-electron chi connectivity index (χ3n) is 5.78. The minimum Gasteiger partial charge on any atom is -0.318 e. The van der Waals surface area contributed by atoms with Crippen molar-refractivity contribution >= 4 is 11.7 Å². The predicted octanol–water partition coefficient (Wildman–Crippen LogP) is 5.09. The Morgan fingerprint density at radius 2 is 1.76 bits per heavy atom. The fourth-order valence-electron chi connectivity index (χ4n) is 3.63. The summed E-state index contributed by atoms with van der Waals surface area (Å²) in [5, 5.41) is 4.17. The van der Waals surface area contributed by atoms with E-state index in [0.717, 1.165) is 50.2 Å². The van der Waals surface area contributed by atoms with Crippen LogP contribution in [0.5, 0.6) is 0 Å². The van der Waals surface area contributed by atoms with Gasteiger partial charge >= 0.3 is 5.97 Å². The smallest absolute Gasteiger partial charge is 0.318 e. The number of hydrogen-bond acceptors (Lipinski definition) is 3. The van der Waals surface area contributed by atoms with Crippen molar-refractivity contribution in [2.45, 2.75) is 85.0 Å². The zero-order valence-corrected chi connectivity index (χ0v) is 14.0. The van der Waals surface area contributed by atoms with Gasteiger partial charge in [-0.1, -0.05) is 51.6 Å². The second-order valence-corrected chi connectivity index (χ2v) is 7.52. The summed E-state index contributed by atoms with van der Waals surface area (Å²) in [4.78, 5) is 17.2. The van der Waals surface area contributed by atoms with Crippen LogP contribution in [-0.2, 0) is 9.63 Å². The molecule has 3 heteroatoms. The van der Waals surface area contributed by atoms with Gasteiger partial charge in [0.1, 0.15) is 0 Å². The molecule has 0 radical (unpaired) electrons. The molecule has 0 bridgehead atoms. The average molecular weight is 293 g/mol. The van der Waals surface area contributed by atoms with Gasteiger partial charge in [-0.15, -0.1) is 0 Å². The van der Waals surface area contributed by atoms with E-state index in [9.17, 15) is 4.79 Å². The van der Waals surface area contributed by atoms with Crippen LogP contribution >= 0.6 is 0 Å². The lowest BCUT2D eigenvalue weighted by molar-refractivity contribution is -0.149. The average Bonchev–Trinajstić information content (AvgIpc) is 2.54. The van der Waals surface area contributed by atoms with Crippen LogP contribution in [-0.4, -0.2) is 11.7 Å². The molecular formula is C18H31NO2. The van der Waals surface area contributed by atoms with Gasteiger partial charge in [-0.2, -0.15) is 0 Å². The van der Waals surface area contributed by atoms with E-state index in [1.165, 1.54) is 25.7 Å². The lowest BCUT2D eigenvalue weighted by Gasteiger charge is -2.36. The van der Waals surface area contributed by atoms with Crippen molar-refractivity contribution in [1.29, 1.82) is 0 Å². The van der Waals surface area contributed by atoms with Crippen molar-refractivity contribution in [3.05, 3.63) is 0 Å². The Hall–Kier alpha value is -0.860. The summed E-state index contributed by atoms with van der Waals surface area (Å²) >= 11 is 0. The minimum absolute atomic E-state index is 0.0958. The Labute approximate surface area is 129 Å². The van der Waals surface area contributed by atoms with Crippen LogP contribution in [0.4, 0.5) is 0 Å². The first-order valence-electron chi connectivity index (χ1n) is 8.79. The van der Waals surface area contributed by atoms with E-state index >= 15 is 0 Å². The molecule has 2 aliphatic rings. The second-order valence-electron chi connectivity index (χ2n) is 7.52. The normalized spacial score (nSPS) is 24.7. The fourth-order valence-corrected chi connectivity index (χ4v) is 3.63. The van der Waals surface area contributed by atoms with Crippen molar-refractivity contribution in [3.8, 4) is 0 Å². The van der Waals surface area contributed by atoms with Crippen LogP contribution in [0.15, 0.2) is 5.16 Å². The Balaban J connectivity index is 1.78. The summed E-state index contributed by atoms with van der Waals surface area (Å²) < 4.78 is 0. The van der Waals surface area contributed by atoms with Gasteiger partial charge in [0.25, 0.3) is 0 Å². The van der Waals surface area contributed by atoms with Gasteiger partial charge in [-0.25, -0.2) is 4.79 Å². The molecule has 120 valence electrons. The highest BCUT2D eigenvalue weighted by Crippen LogP contribution is 2.39. The number of carbonyl (C=O) groups excluding carboxylic acids is 1. The standard InChI is InChI=1S/C18H31NO2/c1-4-18(2,3)15-10-12-16(13-11-15)19-21-17(20)14-8-6-5-7-9-14/h14-15H,4-13H2,1-3H3. The fraction of sp³-hybridized carbons (Fsp3) is 0.889. The Morgan fingerprint density at radius 1 is 1.14 bits per heavy atom. The first-order valence-corrected chi connectivity index (χ1v) is 8.79. The summed E-state index contributed by atoms with van der Waals surface area (Å²) in [6, 6.07) is 0. The van der Waals surface area contributed by atoms with Crippen molar-refractivity contribution in [2.24, 2.45) is 22.4 Å². The van der Waals surface area contributed by atoms with E-state index < -0.39 is 0 Å². The van der Waals surface area contributed by atoms with Gasteiger partial charge in [0.2, 0.25) is 0 Å². The highest BCUT2D eigenvalue weighted by atomic mass is 16.7. The lowest BCUT2D eigenvalue weighted by Crippen LogP contribution is -2.28. The first-order chi connectivity index (χ1) is 10.0. The van der Waals surface area contributed by atoms with Gasteiger partial charge in [-0.05, 0) is 49.9 Å². The van der Waals surface area contributed by atoms with Gasteiger partial charge < -0.3 is 4.84 Å². The van der Waals surface area contributed by atoms with Crippen LogP contribution in [0.25, 0.3) is 0 Å². The first kappa shape index (κ1) is 16.5. The summed E-state index contributed by atoms with van der Waals surface area (Å²) in [5.74, 6) is 0.771. The van der Waals surface area contributed by atoms with Crippen molar-refractivity contribution < 1.29 is 9.63 Å². The van der Waals surface area contributed by atoms with E-state index in [0.29, 0.717) is 5.41 Å². The Kier molecular flexibility index (Phi) is 5.83. The second kappa shape index (κ2) is 7.42. The summed E-state index contributed by atoms with van der Waals surface area (Å²) in [7, 11) is 0. The molecule has 0 unspecified atom stereocenters. The monoisotopic (exact) mass is 293 g/mol. The Morgan fingerprint density at radius 3 is 2.33 bits per heavy atom. The summed E-state index contributed by atoms with van der Waals surface area (Å²) in [6.45, 7) is 7.00. The number of rotatable bonds is 4. The molecule has 0 spiro atoms. The topological polar surface area (TPSA) is 38.7 Å². The zero-order valence-electron chi connectivity index (χ0n) is 14.0. The van der Waals surface area contributed by atoms with Gasteiger partial charge in [0, 0.05) is 0 Å². The van der Waals surface area contributed by atoms with Crippen LogP contribution in [0.1, 0.15) is 85.0 Å². The Bertz CT molecular complexity index is 371. The molecule has 0 amide bonds. The van der Waals surface area contributed by atoms with Crippen LogP contribution in [0, 0.1) is 17.3 Å². The minimum atomic E-state index is -0.0989. The largest absolute Gasteiger partial charge is 0.338 e. The maximum absolute atomic E-state index is 12.0. The maximum atomic E-state index is 12.0. The van der Waals surface area contributed by atoms with Crippen LogP contribution in [0.2, 0.25) is 0 Å². The highest BCUT2D eigenvalue weighted by Gasteiger charge is 2.31. The van der Waals surface area contributed by atoms with E-state index in [4.69, 9.17) is 4.84 Å². The summed E-state index contributed by atoms with van der Waals surface area (Å²) in [6.07, 6.45) is 11.1.